The topological polar surface area (TPSA) is 97.4 Å². The summed E-state index contributed by atoms with van der Waals surface area (Å²) in [5.41, 5.74) is -1.19. The third kappa shape index (κ3) is 3.91. The van der Waals surface area contributed by atoms with Gasteiger partial charge >= 0.3 is 12.2 Å². The molecule has 1 aromatic carbocycles. The van der Waals surface area contributed by atoms with E-state index in [0.29, 0.717) is 0 Å². The van der Waals surface area contributed by atoms with Crippen molar-refractivity contribution in [3.05, 3.63) is 65.9 Å². The molecule has 0 saturated carbocycles. The summed E-state index contributed by atoms with van der Waals surface area (Å²) in [6.45, 7) is 0. The van der Waals surface area contributed by atoms with Gasteiger partial charge in [-0.15, -0.1) is 0 Å². The van der Waals surface area contributed by atoms with Gasteiger partial charge in [-0.25, -0.2) is 0 Å². The predicted molar refractivity (Wildman–Crippen MR) is 82.6 cm³/mol. The maximum Gasteiger partial charge on any atom is 0.416 e. The molecule has 3 aromatic rings. The molecule has 26 heavy (non-hydrogen) atoms. The highest BCUT2D eigenvalue weighted by Crippen LogP contribution is 2.30. The van der Waals surface area contributed by atoms with Gasteiger partial charge in [0, 0.05) is 5.69 Å². The van der Waals surface area contributed by atoms with Crippen LogP contribution < -0.4 is 10.6 Å². The van der Waals surface area contributed by atoms with E-state index in [1.165, 1.54) is 24.5 Å². The van der Waals surface area contributed by atoms with Crippen LogP contribution in [0.5, 0.6) is 0 Å². The van der Waals surface area contributed by atoms with Crippen LogP contribution in [0.1, 0.15) is 26.6 Å². The van der Waals surface area contributed by atoms with Crippen LogP contribution in [0.15, 0.2) is 57.8 Å². The van der Waals surface area contributed by atoms with Crippen molar-refractivity contribution in [3.63, 3.8) is 0 Å². The van der Waals surface area contributed by atoms with Crippen LogP contribution in [-0.4, -0.2) is 16.8 Å². The number of nitrogens with zero attached hydrogens (tertiary/aromatic N) is 1. The zero-order chi connectivity index (χ0) is 18.7. The van der Waals surface area contributed by atoms with Gasteiger partial charge in [-0.05, 0) is 30.3 Å². The van der Waals surface area contributed by atoms with Crippen molar-refractivity contribution in [1.82, 2.24) is 4.98 Å². The average Bonchev–Trinajstić information content (AvgIpc) is 3.26. The molecule has 0 aliphatic heterocycles. The van der Waals surface area contributed by atoms with Crippen molar-refractivity contribution < 1.29 is 31.6 Å². The van der Waals surface area contributed by atoms with Gasteiger partial charge in [0.15, 0.2) is 11.5 Å². The Morgan fingerprint density at radius 1 is 1.00 bits per heavy atom. The van der Waals surface area contributed by atoms with Gasteiger partial charge in [0.05, 0.1) is 11.8 Å². The lowest BCUT2D eigenvalue weighted by molar-refractivity contribution is -0.137. The lowest BCUT2D eigenvalue weighted by Gasteiger charge is -2.08. The number of rotatable bonds is 4. The molecule has 0 spiro atoms. The summed E-state index contributed by atoms with van der Waals surface area (Å²) in [4.78, 5) is 27.6. The second kappa shape index (κ2) is 6.75. The molecule has 0 atom stereocenters. The Balaban J connectivity index is 1.68. The largest absolute Gasteiger partial charge is 0.459 e. The molecule has 0 fully saturated rings. The van der Waals surface area contributed by atoms with Crippen LogP contribution in [0, 0.1) is 0 Å². The summed E-state index contributed by atoms with van der Waals surface area (Å²) in [6, 6.07) is 6.80. The Morgan fingerprint density at radius 3 is 2.50 bits per heavy atom. The van der Waals surface area contributed by atoms with Crippen LogP contribution >= 0.6 is 0 Å². The van der Waals surface area contributed by atoms with Crippen LogP contribution in [-0.2, 0) is 6.18 Å². The van der Waals surface area contributed by atoms with Crippen LogP contribution in [0.4, 0.5) is 24.9 Å². The van der Waals surface area contributed by atoms with E-state index in [9.17, 15) is 22.8 Å². The van der Waals surface area contributed by atoms with E-state index in [0.717, 1.165) is 24.5 Å². The van der Waals surface area contributed by atoms with Gasteiger partial charge in [-0.2, -0.15) is 18.2 Å². The number of benzene rings is 1. The van der Waals surface area contributed by atoms with E-state index < -0.39 is 23.6 Å². The number of amides is 2. The molecule has 0 unspecified atom stereocenters. The van der Waals surface area contributed by atoms with Crippen molar-refractivity contribution >= 4 is 23.5 Å². The van der Waals surface area contributed by atoms with E-state index in [1.807, 2.05) is 0 Å². The summed E-state index contributed by atoms with van der Waals surface area (Å²) >= 11 is 0. The fraction of sp³-hybridized carbons (Fsp3) is 0.0625. The quantitative estimate of drug-likeness (QED) is 0.733. The van der Waals surface area contributed by atoms with E-state index in [-0.39, 0.29) is 23.2 Å². The van der Waals surface area contributed by atoms with Gasteiger partial charge in [0.25, 0.3) is 11.8 Å². The summed E-state index contributed by atoms with van der Waals surface area (Å²) < 4.78 is 47.9. The van der Waals surface area contributed by atoms with Gasteiger partial charge in [0.1, 0.15) is 6.26 Å². The van der Waals surface area contributed by atoms with Crippen molar-refractivity contribution in [1.29, 1.82) is 0 Å². The van der Waals surface area contributed by atoms with Crippen LogP contribution in [0.3, 0.4) is 0 Å². The molecule has 2 amide bonds. The third-order valence-electron chi connectivity index (χ3n) is 3.15. The highest BCUT2D eigenvalue weighted by Gasteiger charge is 2.30. The standard InChI is InChI=1S/C16H10F3N3O4/c17-16(18,19)9-3-1-4-10(7-9)20-13(23)11-8-26-15(21-11)22-14(24)12-5-2-6-25-12/h1-8H,(H,20,23)(H,21,22,24). The van der Waals surface area contributed by atoms with E-state index in [4.69, 9.17) is 8.83 Å². The number of halogens is 3. The Hall–Kier alpha value is -3.56. The number of furan rings is 1. The van der Waals surface area contributed by atoms with Gasteiger partial charge in [-0.1, -0.05) is 6.07 Å². The summed E-state index contributed by atoms with van der Waals surface area (Å²) in [5, 5.41) is 4.55. The minimum atomic E-state index is -4.53. The van der Waals surface area contributed by atoms with E-state index in [1.54, 1.807) is 0 Å². The minimum absolute atomic E-state index is 0.0122. The number of hydrogen-bond donors (Lipinski definition) is 2. The summed E-state index contributed by atoms with van der Waals surface area (Å²) in [6.07, 6.45) is -2.27. The molecule has 0 saturated heterocycles. The second-order valence-electron chi connectivity index (χ2n) is 5.00. The number of carbonyl (C=O) groups is 2. The highest BCUT2D eigenvalue weighted by molar-refractivity contribution is 6.04. The Morgan fingerprint density at radius 2 is 1.81 bits per heavy atom. The van der Waals surface area contributed by atoms with Crippen molar-refractivity contribution in [2.24, 2.45) is 0 Å². The van der Waals surface area contributed by atoms with E-state index >= 15 is 0 Å². The summed E-state index contributed by atoms with van der Waals surface area (Å²) in [7, 11) is 0. The average molecular weight is 365 g/mol. The SMILES string of the molecule is O=C(Nc1cccc(C(F)(F)F)c1)c1coc(NC(=O)c2ccco2)n1. The number of aromatic nitrogens is 1. The van der Waals surface area contributed by atoms with Gasteiger partial charge in [-0.3, -0.25) is 14.9 Å². The van der Waals surface area contributed by atoms with Gasteiger partial charge < -0.3 is 14.2 Å². The van der Waals surface area contributed by atoms with E-state index in [2.05, 4.69) is 15.6 Å². The Labute approximate surface area is 143 Å². The molecule has 10 heteroatoms. The Bertz CT molecular complexity index is 932. The molecule has 2 heterocycles. The zero-order valence-electron chi connectivity index (χ0n) is 12.8. The first-order valence-electron chi connectivity index (χ1n) is 7.12. The normalized spacial score (nSPS) is 11.2. The molecule has 134 valence electrons. The minimum Gasteiger partial charge on any atom is -0.459 e. The molecule has 0 aliphatic carbocycles. The molecule has 0 aliphatic rings. The number of carbonyl (C=O) groups excluding carboxylic acids is 2. The monoisotopic (exact) mass is 365 g/mol. The lowest BCUT2D eigenvalue weighted by atomic mass is 10.2. The predicted octanol–water partition coefficient (Wildman–Crippen LogP) is 3.79. The first-order chi connectivity index (χ1) is 12.3. The van der Waals surface area contributed by atoms with Crippen molar-refractivity contribution in [3.8, 4) is 0 Å². The van der Waals surface area contributed by atoms with Crippen LogP contribution in [0.2, 0.25) is 0 Å². The number of oxazole rings is 1. The molecular formula is C16H10F3N3O4. The number of hydrogen-bond acceptors (Lipinski definition) is 5. The molecule has 3 rings (SSSR count). The first kappa shape index (κ1) is 17.3. The summed E-state index contributed by atoms with van der Waals surface area (Å²) in [5.74, 6) is -1.42. The Kier molecular flexibility index (Phi) is 4.48. The molecule has 0 bridgehead atoms. The molecule has 0 radical (unpaired) electrons. The third-order valence-corrected chi connectivity index (χ3v) is 3.15. The molecular weight excluding hydrogens is 355 g/mol. The highest BCUT2D eigenvalue weighted by atomic mass is 19.4. The molecule has 2 N–H and O–H groups in total. The maximum absolute atomic E-state index is 12.7. The smallest absolute Gasteiger partial charge is 0.416 e. The van der Waals surface area contributed by atoms with Crippen molar-refractivity contribution in [2.45, 2.75) is 6.18 Å². The number of alkyl halides is 3. The molecule has 2 aromatic heterocycles. The number of nitrogens with one attached hydrogen (secondary N) is 2. The van der Waals surface area contributed by atoms with Crippen molar-refractivity contribution in [2.75, 3.05) is 10.6 Å². The van der Waals surface area contributed by atoms with Gasteiger partial charge in [0.2, 0.25) is 0 Å². The lowest BCUT2D eigenvalue weighted by Crippen LogP contribution is -2.14. The first-order valence-corrected chi connectivity index (χ1v) is 7.12. The van der Waals surface area contributed by atoms with Crippen LogP contribution in [0.25, 0.3) is 0 Å². The molecule has 7 nitrogen and oxygen atoms in total. The zero-order valence-corrected chi connectivity index (χ0v) is 12.8. The fourth-order valence-corrected chi connectivity index (χ4v) is 1.97. The number of anilines is 2. The fourth-order valence-electron chi connectivity index (χ4n) is 1.97. The maximum atomic E-state index is 12.7. The second-order valence-corrected chi connectivity index (χ2v) is 5.00.